The third-order valence-corrected chi connectivity index (χ3v) is 4.16. The fraction of sp³-hybridized carbons (Fsp3) is 0.800. The van der Waals surface area contributed by atoms with Crippen molar-refractivity contribution >= 4 is 5.91 Å². The van der Waals surface area contributed by atoms with Crippen LogP contribution in [0.5, 0.6) is 0 Å². The Morgan fingerprint density at radius 1 is 1.38 bits per heavy atom. The zero-order valence-corrected chi connectivity index (χ0v) is 13.2. The van der Waals surface area contributed by atoms with E-state index in [-0.39, 0.29) is 29.4 Å². The van der Waals surface area contributed by atoms with Crippen LogP contribution in [0.1, 0.15) is 69.9 Å². The first-order valence-electron chi connectivity index (χ1n) is 7.72. The Labute approximate surface area is 126 Å². The third kappa shape index (κ3) is 3.81. The van der Waals surface area contributed by atoms with Crippen LogP contribution in [0, 0.1) is 0 Å². The van der Waals surface area contributed by atoms with Gasteiger partial charge in [0, 0.05) is 12.1 Å². The molecule has 1 aliphatic carbocycles. The van der Waals surface area contributed by atoms with Crippen molar-refractivity contribution in [2.75, 3.05) is 6.61 Å². The third-order valence-electron chi connectivity index (χ3n) is 4.16. The first-order chi connectivity index (χ1) is 9.86. The number of hydrogen-bond acceptors (Lipinski definition) is 4. The largest absolute Gasteiger partial charge is 0.396 e. The van der Waals surface area contributed by atoms with Gasteiger partial charge in [-0.2, -0.15) is 0 Å². The van der Waals surface area contributed by atoms with E-state index >= 15 is 0 Å². The lowest BCUT2D eigenvalue weighted by atomic mass is 9.79. The molecule has 21 heavy (non-hydrogen) atoms. The van der Waals surface area contributed by atoms with E-state index in [2.05, 4.69) is 15.4 Å². The van der Waals surface area contributed by atoms with Gasteiger partial charge in [-0.05, 0) is 40.0 Å². The summed E-state index contributed by atoms with van der Waals surface area (Å²) in [4.78, 5) is 16.5. The number of carbonyl (C=O) groups is 1. The lowest BCUT2D eigenvalue weighted by molar-refractivity contribution is 0.0824. The molecular formula is C15H26N4O2. The van der Waals surface area contributed by atoms with Crippen molar-refractivity contribution in [3.8, 4) is 0 Å². The van der Waals surface area contributed by atoms with Gasteiger partial charge < -0.3 is 10.4 Å². The Morgan fingerprint density at radius 3 is 2.57 bits per heavy atom. The standard InChI is InChI=1S/C15H26N4O2/c1-14(2,3)19-11-16-12(18-19)13(21)17-15(9-10-20)7-5-4-6-8-15/h11,20H,4-10H2,1-3H3,(H,17,21). The monoisotopic (exact) mass is 294 g/mol. The second kappa shape index (κ2) is 6.13. The van der Waals surface area contributed by atoms with Crippen LogP contribution in [-0.2, 0) is 5.54 Å². The molecule has 1 amide bonds. The van der Waals surface area contributed by atoms with Crippen LogP contribution in [0.4, 0.5) is 0 Å². The highest BCUT2D eigenvalue weighted by Crippen LogP contribution is 2.31. The van der Waals surface area contributed by atoms with Gasteiger partial charge in [0.15, 0.2) is 0 Å². The van der Waals surface area contributed by atoms with Crippen molar-refractivity contribution in [3.05, 3.63) is 12.2 Å². The SMILES string of the molecule is CC(C)(C)n1cnc(C(=O)NC2(CCO)CCCCC2)n1. The maximum absolute atomic E-state index is 12.4. The molecule has 1 fully saturated rings. The van der Waals surface area contributed by atoms with Gasteiger partial charge in [0.25, 0.3) is 5.91 Å². The summed E-state index contributed by atoms with van der Waals surface area (Å²) < 4.78 is 1.70. The number of hydrogen-bond donors (Lipinski definition) is 2. The molecule has 1 aliphatic rings. The topological polar surface area (TPSA) is 80.0 Å². The maximum Gasteiger partial charge on any atom is 0.291 e. The molecule has 0 radical (unpaired) electrons. The highest BCUT2D eigenvalue weighted by Gasteiger charge is 2.34. The summed E-state index contributed by atoms with van der Waals surface area (Å²) in [6.07, 6.45) is 7.39. The molecule has 1 saturated carbocycles. The van der Waals surface area contributed by atoms with Crippen LogP contribution in [0.25, 0.3) is 0 Å². The van der Waals surface area contributed by atoms with Gasteiger partial charge in [-0.1, -0.05) is 19.3 Å². The normalized spacial score (nSPS) is 18.5. The van der Waals surface area contributed by atoms with Gasteiger partial charge in [0.1, 0.15) is 6.33 Å². The molecule has 0 aliphatic heterocycles. The first-order valence-corrected chi connectivity index (χ1v) is 7.72. The molecule has 0 unspecified atom stereocenters. The van der Waals surface area contributed by atoms with Gasteiger partial charge in [0.2, 0.25) is 5.82 Å². The molecular weight excluding hydrogens is 268 g/mol. The number of aliphatic hydroxyl groups is 1. The fourth-order valence-electron chi connectivity index (χ4n) is 2.87. The summed E-state index contributed by atoms with van der Waals surface area (Å²) >= 11 is 0. The minimum absolute atomic E-state index is 0.0874. The second-order valence-electron chi connectivity index (χ2n) is 6.95. The van der Waals surface area contributed by atoms with Crippen LogP contribution >= 0.6 is 0 Å². The van der Waals surface area contributed by atoms with Crippen LogP contribution in [0.3, 0.4) is 0 Å². The predicted octanol–water partition coefficient (Wildman–Crippen LogP) is 1.85. The summed E-state index contributed by atoms with van der Waals surface area (Å²) in [6, 6.07) is 0. The number of nitrogens with zero attached hydrogens (tertiary/aromatic N) is 3. The number of aliphatic hydroxyl groups excluding tert-OH is 1. The lowest BCUT2D eigenvalue weighted by Crippen LogP contribution is -2.50. The Balaban J connectivity index is 2.10. The maximum atomic E-state index is 12.4. The molecule has 0 atom stereocenters. The summed E-state index contributed by atoms with van der Waals surface area (Å²) in [6.45, 7) is 6.12. The molecule has 2 N–H and O–H groups in total. The zero-order valence-electron chi connectivity index (χ0n) is 13.2. The van der Waals surface area contributed by atoms with Crippen LogP contribution < -0.4 is 5.32 Å². The number of nitrogens with one attached hydrogen (secondary N) is 1. The summed E-state index contributed by atoms with van der Waals surface area (Å²) in [5.41, 5.74) is -0.490. The first kappa shape index (κ1) is 15.9. The molecule has 1 heterocycles. The number of amides is 1. The predicted molar refractivity (Wildman–Crippen MR) is 80.0 cm³/mol. The van der Waals surface area contributed by atoms with E-state index in [0.29, 0.717) is 6.42 Å². The fourth-order valence-corrected chi connectivity index (χ4v) is 2.87. The van der Waals surface area contributed by atoms with Crippen molar-refractivity contribution in [2.24, 2.45) is 0 Å². The molecule has 1 aromatic rings. The lowest BCUT2D eigenvalue weighted by Gasteiger charge is -2.37. The number of rotatable bonds is 4. The van der Waals surface area contributed by atoms with Gasteiger partial charge in [0.05, 0.1) is 5.54 Å². The smallest absolute Gasteiger partial charge is 0.291 e. The average Bonchev–Trinajstić information content (AvgIpc) is 2.89. The van der Waals surface area contributed by atoms with Crippen molar-refractivity contribution in [2.45, 2.75) is 70.4 Å². The Morgan fingerprint density at radius 2 is 2.05 bits per heavy atom. The van der Waals surface area contributed by atoms with Crippen LogP contribution in [0.15, 0.2) is 6.33 Å². The average molecular weight is 294 g/mol. The number of carbonyl (C=O) groups excluding carboxylic acids is 1. The second-order valence-corrected chi connectivity index (χ2v) is 6.95. The molecule has 118 valence electrons. The molecule has 6 nitrogen and oxygen atoms in total. The molecule has 1 aromatic heterocycles. The zero-order chi connectivity index (χ0) is 15.5. The van der Waals surface area contributed by atoms with Crippen molar-refractivity contribution in [1.29, 1.82) is 0 Å². The van der Waals surface area contributed by atoms with E-state index in [9.17, 15) is 9.90 Å². The summed E-state index contributed by atoms with van der Waals surface area (Å²) in [5.74, 6) is -0.0406. The molecule has 0 bridgehead atoms. The van der Waals surface area contributed by atoms with Crippen molar-refractivity contribution < 1.29 is 9.90 Å². The Bertz CT molecular complexity index is 479. The van der Waals surface area contributed by atoms with Crippen molar-refractivity contribution in [3.63, 3.8) is 0 Å². The summed E-state index contributed by atoms with van der Waals surface area (Å²) in [5, 5.41) is 16.6. The van der Waals surface area contributed by atoms with E-state index in [1.807, 2.05) is 20.8 Å². The van der Waals surface area contributed by atoms with Crippen LogP contribution in [-0.4, -0.2) is 37.9 Å². The van der Waals surface area contributed by atoms with Crippen molar-refractivity contribution in [1.82, 2.24) is 20.1 Å². The number of aromatic nitrogens is 3. The van der Waals surface area contributed by atoms with Gasteiger partial charge in [-0.3, -0.25) is 4.79 Å². The quantitative estimate of drug-likeness (QED) is 0.888. The van der Waals surface area contributed by atoms with E-state index < -0.39 is 0 Å². The summed E-state index contributed by atoms with van der Waals surface area (Å²) in [7, 11) is 0. The molecule has 0 spiro atoms. The molecule has 6 heteroatoms. The van der Waals surface area contributed by atoms with E-state index in [1.165, 1.54) is 6.42 Å². The Hall–Kier alpha value is -1.43. The van der Waals surface area contributed by atoms with Gasteiger partial charge in [-0.15, -0.1) is 5.10 Å². The van der Waals surface area contributed by atoms with Gasteiger partial charge in [-0.25, -0.2) is 9.67 Å². The van der Waals surface area contributed by atoms with E-state index in [1.54, 1.807) is 11.0 Å². The molecule has 0 saturated heterocycles. The Kier molecular flexibility index (Phi) is 4.66. The molecule has 0 aromatic carbocycles. The van der Waals surface area contributed by atoms with E-state index in [4.69, 9.17) is 0 Å². The van der Waals surface area contributed by atoms with Crippen LogP contribution in [0.2, 0.25) is 0 Å². The highest BCUT2D eigenvalue weighted by atomic mass is 16.3. The van der Waals surface area contributed by atoms with E-state index in [0.717, 1.165) is 25.7 Å². The minimum Gasteiger partial charge on any atom is -0.396 e. The van der Waals surface area contributed by atoms with Gasteiger partial charge >= 0.3 is 0 Å². The highest BCUT2D eigenvalue weighted by molar-refractivity contribution is 5.90. The molecule has 2 rings (SSSR count). The minimum atomic E-state index is -0.294.